The third-order valence-corrected chi connectivity index (χ3v) is 2.87. The normalized spacial score (nSPS) is 27.3. The topological polar surface area (TPSA) is 17.1 Å². The average Bonchev–Trinajstić information content (AvgIpc) is 2.07. The highest BCUT2D eigenvalue weighted by Gasteiger charge is 2.43. The molecular weight excluding hydrogens is 250 g/mol. The summed E-state index contributed by atoms with van der Waals surface area (Å²) in [5.41, 5.74) is 0. The molecule has 0 aromatic rings. The molecule has 1 aliphatic carbocycles. The number of hydrogen-bond donors (Lipinski definition) is 0. The molecule has 1 aliphatic rings. The van der Waals surface area contributed by atoms with Gasteiger partial charge in [-0.15, -0.1) is 0 Å². The zero-order valence-electron chi connectivity index (χ0n) is 8.87. The van der Waals surface area contributed by atoms with Crippen molar-refractivity contribution in [1.29, 1.82) is 0 Å². The molecule has 2 atom stereocenters. The van der Waals surface area contributed by atoms with Crippen LogP contribution in [0.4, 0.5) is 26.3 Å². The summed E-state index contributed by atoms with van der Waals surface area (Å²) in [6, 6.07) is 0. The lowest BCUT2D eigenvalue weighted by Crippen LogP contribution is -2.34. The van der Waals surface area contributed by atoms with Gasteiger partial charge in [-0.05, 0) is 12.8 Å². The van der Waals surface area contributed by atoms with Gasteiger partial charge < -0.3 is 0 Å². The number of carbonyl (C=O) groups is 1. The van der Waals surface area contributed by atoms with Gasteiger partial charge in [-0.3, -0.25) is 4.79 Å². The summed E-state index contributed by atoms with van der Waals surface area (Å²) in [7, 11) is 0. The molecule has 100 valence electrons. The van der Waals surface area contributed by atoms with E-state index in [9.17, 15) is 31.1 Å². The second-order valence-electron chi connectivity index (χ2n) is 4.37. The maximum Gasteiger partial charge on any atom is 0.389 e. The number of rotatable bonds is 2. The fourth-order valence-electron chi connectivity index (χ4n) is 2.19. The zero-order chi connectivity index (χ0) is 13.3. The number of halogens is 6. The van der Waals surface area contributed by atoms with Crippen LogP contribution in [0.25, 0.3) is 0 Å². The fraction of sp³-hybridized carbons (Fsp3) is 0.900. The summed E-state index contributed by atoms with van der Waals surface area (Å²) < 4.78 is 72.6. The van der Waals surface area contributed by atoms with Gasteiger partial charge in [0.05, 0.1) is 12.8 Å². The Morgan fingerprint density at radius 2 is 1.24 bits per heavy atom. The lowest BCUT2D eigenvalue weighted by Gasteiger charge is -2.28. The second-order valence-corrected chi connectivity index (χ2v) is 4.37. The molecular formula is C10H12F6O. The van der Waals surface area contributed by atoms with E-state index in [4.69, 9.17) is 0 Å². The van der Waals surface area contributed by atoms with E-state index in [0.29, 0.717) is 0 Å². The summed E-state index contributed by atoms with van der Waals surface area (Å²) in [5.74, 6) is -3.47. The van der Waals surface area contributed by atoms with Gasteiger partial charge in [0, 0.05) is 11.8 Å². The third kappa shape index (κ3) is 4.95. The molecule has 0 spiro atoms. The Labute approximate surface area is 94.2 Å². The minimum atomic E-state index is -4.50. The Morgan fingerprint density at radius 3 is 1.53 bits per heavy atom. The van der Waals surface area contributed by atoms with E-state index in [0.717, 1.165) is 0 Å². The van der Waals surface area contributed by atoms with E-state index in [1.165, 1.54) is 0 Å². The second kappa shape index (κ2) is 4.86. The van der Waals surface area contributed by atoms with Crippen molar-refractivity contribution in [2.75, 3.05) is 0 Å². The molecule has 0 saturated heterocycles. The smallest absolute Gasteiger partial charge is 0.299 e. The van der Waals surface area contributed by atoms with Gasteiger partial charge in [0.1, 0.15) is 5.78 Å². The Morgan fingerprint density at radius 1 is 0.882 bits per heavy atom. The van der Waals surface area contributed by atoms with E-state index >= 15 is 0 Å². The summed E-state index contributed by atoms with van der Waals surface area (Å²) in [6.07, 6.45) is -11.3. The highest BCUT2D eigenvalue weighted by Crippen LogP contribution is 2.38. The van der Waals surface area contributed by atoms with Crippen molar-refractivity contribution >= 4 is 5.78 Å². The molecule has 1 fully saturated rings. The molecule has 0 radical (unpaired) electrons. The van der Waals surface area contributed by atoms with Crippen LogP contribution in [0.15, 0.2) is 0 Å². The van der Waals surface area contributed by atoms with Gasteiger partial charge in [0.25, 0.3) is 0 Å². The monoisotopic (exact) mass is 262 g/mol. The molecule has 7 heteroatoms. The quantitative estimate of drug-likeness (QED) is 0.690. The summed E-state index contributed by atoms with van der Waals surface area (Å²) in [5, 5.41) is 0. The van der Waals surface area contributed by atoms with Crippen molar-refractivity contribution in [2.24, 2.45) is 11.8 Å². The third-order valence-electron chi connectivity index (χ3n) is 2.87. The number of alkyl halides is 6. The SMILES string of the molecule is O=C1C(CC(F)(F)F)CCCC1CC(F)(F)F. The van der Waals surface area contributed by atoms with Gasteiger partial charge >= 0.3 is 12.4 Å². The molecule has 0 aliphatic heterocycles. The van der Waals surface area contributed by atoms with E-state index in [1.807, 2.05) is 0 Å². The standard InChI is InChI=1S/C10H12F6O/c11-9(12,13)4-6-2-1-3-7(8(6)17)5-10(14,15)16/h6-7H,1-5H2. The van der Waals surface area contributed by atoms with E-state index in [1.54, 1.807) is 0 Å². The molecule has 17 heavy (non-hydrogen) atoms. The highest BCUT2D eigenvalue weighted by atomic mass is 19.4. The Balaban J connectivity index is 2.63. The molecule has 1 saturated carbocycles. The van der Waals surface area contributed by atoms with Crippen LogP contribution in [-0.2, 0) is 4.79 Å². The van der Waals surface area contributed by atoms with Crippen LogP contribution in [0.1, 0.15) is 32.1 Å². The first-order chi connectivity index (χ1) is 7.58. The lowest BCUT2D eigenvalue weighted by atomic mass is 9.77. The fourth-order valence-corrected chi connectivity index (χ4v) is 2.19. The number of Topliss-reactive ketones (excluding diaryl/α,β-unsaturated/α-hetero) is 1. The molecule has 0 N–H and O–H groups in total. The minimum absolute atomic E-state index is 0.0344. The maximum absolute atomic E-state index is 12.1. The molecule has 0 aromatic heterocycles. The van der Waals surface area contributed by atoms with Gasteiger partial charge in [0.2, 0.25) is 0 Å². The molecule has 0 bridgehead atoms. The van der Waals surface area contributed by atoms with Crippen LogP contribution in [0, 0.1) is 11.8 Å². The molecule has 1 rings (SSSR count). The minimum Gasteiger partial charge on any atom is -0.299 e. The Bertz CT molecular complexity index is 254. The first kappa shape index (κ1) is 14.3. The van der Waals surface area contributed by atoms with Crippen molar-refractivity contribution in [1.82, 2.24) is 0 Å². The van der Waals surface area contributed by atoms with Gasteiger partial charge in [0.15, 0.2) is 0 Å². The molecule has 0 heterocycles. The number of hydrogen-bond acceptors (Lipinski definition) is 1. The molecule has 2 unspecified atom stereocenters. The predicted octanol–water partition coefficient (Wildman–Crippen LogP) is 3.88. The van der Waals surface area contributed by atoms with Crippen molar-refractivity contribution in [2.45, 2.75) is 44.5 Å². The van der Waals surface area contributed by atoms with Crippen molar-refractivity contribution in [3.8, 4) is 0 Å². The summed E-state index contributed by atoms with van der Waals surface area (Å²) >= 11 is 0. The summed E-state index contributed by atoms with van der Waals surface area (Å²) in [4.78, 5) is 11.5. The number of carbonyl (C=O) groups excluding carboxylic acids is 1. The Hall–Kier alpha value is -0.750. The van der Waals surface area contributed by atoms with Crippen LogP contribution < -0.4 is 0 Å². The summed E-state index contributed by atoms with van der Waals surface area (Å²) in [6.45, 7) is 0. The van der Waals surface area contributed by atoms with Crippen LogP contribution >= 0.6 is 0 Å². The lowest BCUT2D eigenvalue weighted by molar-refractivity contribution is -0.168. The van der Waals surface area contributed by atoms with Gasteiger partial charge in [-0.25, -0.2) is 0 Å². The Kier molecular flexibility index (Phi) is 4.09. The van der Waals surface area contributed by atoms with Crippen LogP contribution in [0.5, 0.6) is 0 Å². The predicted molar refractivity (Wildman–Crippen MR) is 47.2 cm³/mol. The van der Waals surface area contributed by atoms with Crippen LogP contribution in [0.3, 0.4) is 0 Å². The maximum atomic E-state index is 12.1. The molecule has 0 amide bonds. The number of ketones is 1. The van der Waals surface area contributed by atoms with E-state index in [2.05, 4.69) is 0 Å². The van der Waals surface area contributed by atoms with Crippen LogP contribution in [-0.4, -0.2) is 18.1 Å². The van der Waals surface area contributed by atoms with Crippen molar-refractivity contribution < 1.29 is 31.1 Å². The zero-order valence-corrected chi connectivity index (χ0v) is 8.87. The van der Waals surface area contributed by atoms with Crippen molar-refractivity contribution in [3.63, 3.8) is 0 Å². The average molecular weight is 262 g/mol. The van der Waals surface area contributed by atoms with E-state index < -0.39 is 42.8 Å². The molecule has 1 nitrogen and oxygen atoms in total. The first-order valence-electron chi connectivity index (χ1n) is 5.26. The van der Waals surface area contributed by atoms with Crippen LogP contribution in [0.2, 0.25) is 0 Å². The van der Waals surface area contributed by atoms with E-state index in [-0.39, 0.29) is 19.3 Å². The van der Waals surface area contributed by atoms with Gasteiger partial charge in [-0.1, -0.05) is 6.42 Å². The highest BCUT2D eigenvalue weighted by molar-refractivity contribution is 5.84. The first-order valence-corrected chi connectivity index (χ1v) is 5.26. The van der Waals surface area contributed by atoms with Gasteiger partial charge in [-0.2, -0.15) is 26.3 Å². The largest absolute Gasteiger partial charge is 0.389 e. The van der Waals surface area contributed by atoms with Crippen molar-refractivity contribution in [3.05, 3.63) is 0 Å². The molecule has 0 aromatic carbocycles.